The lowest BCUT2D eigenvalue weighted by Gasteiger charge is -2.20. The fourth-order valence-electron chi connectivity index (χ4n) is 2.14. The molecule has 18 heavy (non-hydrogen) atoms. The van der Waals surface area contributed by atoms with Crippen molar-refractivity contribution in [2.75, 3.05) is 0 Å². The maximum absolute atomic E-state index is 11.8. The molecule has 2 atom stereocenters. The first-order chi connectivity index (χ1) is 8.56. The Morgan fingerprint density at radius 1 is 1.28 bits per heavy atom. The van der Waals surface area contributed by atoms with E-state index in [1.165, 1.54) is 0 Å². The van der Waals surface area contributed by atoms with Crippen LogP contribution in [-0.2, 0) is 4.79 Å². The van der Waals surface area contributed by atoms with Gasteiger partial charge in [-0.3, -0.25) is 4.79 Å². The number of carboxylic acids is 1. The van der Waals surface area contributed by atoms with E-state index in [-0.39, 0.29) is 24.5 Å². The molecule has 0 saturated heterocycles. The molecule has 1 rings (SSSR count). The lowest BCUT2D eigenvalue weighted by Crippen LogP contribution is -2.47. The summed E-state index contributed by atoms with van der Waals surface area (Å²) in [6, 6.07) is -0.269. The molecule has 1 fully saturated rings. The van der Waals surface area contributed by atoms with Crippen molar-refractivity contribution in [3.8, 4) is 0 Å². The molecular weight excluding hydrogens is 232 g/mol. The van der Waals surface area contributed by atoms with Crippen LogP contribution < -0.4 is 10.6 Å². The minimum absolute atomic E-state index is 0.0165. The van der Waals surface area contributed by atoms with Crippen molar-refractivity contribution in [3.05, 3.63) is 0 Å². The van der Waals surface area contributed by atoms with Crippen LogP contribution in [0.25, 0.3) is 0 Å². The Kier molecular flexibility index (Phi) is 5.95. The number of hydrogen-bond acceptors (Lipinski definition) is 2. The predicted octanol–water partition coefficient (Wildman–Crippen LogP) is 2.12. The number of amides is 2. The highest BCUT2D eigenvalue weighted by atomic mass is 16.4. The number of hydrogen-bond donors (Lipinski definition) is 3. The largest absolute Gasteiger partial charge is 0.481 e. The van der Waals surface area contributed by atoms with Crippen molar-refractivity contribution >= 4 is 12.0 Å². The fraction of sp³-hybridized carbons (Fsp3) is 0.846. The first-order valence-corrected chi connectivity index (χ1v) is 6.85. The zero-order valence-corrected chi connectivity index (χ0v) is 11.2. The maximum Gasteiger partial charge on any atom is 0.315 e. The van der Waals surface area contributed by atoms with Gasteiger partial charge >= 0.3 is 12.0 Å². The van der Waals surface area contributed by atoms with Gasteiger partial charge in [-0.2, -0.15) is 0 Å². The van der Waals surface area contributed by atoms with Gasteiger partial charge in [-0.1, -0.05) is 20.3 Å². The highest BCUT2D eigenvalue weighted by Gasteiger charge is 2.33. The molecule has 5 nitrogen and oxygen atoms in total. The van der Waals surface area contributed by atoms with Crippen LogP contribution in [0, 0.1) is 5.92 Å². The smallest absolute Gasteiger partial charge is 0.315 e. The van der Waals surface area contributed by atoms with Crippen molar-refractivity contribution in [1.29, 1.82) is 0 Å². The number of carboxylic acid groups (broad SMARTS) is 1. The van der Waals surface area contributed by atoms with Gasteiger partial charge in [-0.05, 0) is 31.6 Å². The molecule has 0 bridgehead atoms. The predicted molar refractivity (Wildman–Crippen MR) is 69.4 cm³/mol. The van der Waals surface area contributed by atoms with Crippen LogP contribution in [0.2, 0.25) is 0 Å². The molecule has 104 valence electrons. The summed E-state index contributed by atoms with van der Waals surface area (Å²) in [7, 11) is 0. The molecule has 2 unspecified atom stereocenters. The van der Waals surface area contributed by atoms with Crippen LogP contribution in [-0.4, -0.2) is 29.2 Å². The molecule has 1 aliphatic rings. The third-order valence-electron chi connectivity index (χ3n) is 3.37. The molecule has 1 aliphatic carbocycles. The molecule has 0 aromatic heterocycles. The highest BCUT2D eigenvalue weighted by molar-refractivity contribution is 5.76. The summed E-state index contributed by atoms with van der Waals surface area (Å²) >= 11 is 0. The van der Waals surface area contributed by atoms with E-state index < -0.39 is 5.97 Å². The molecule has 3 N–H and O–H groups in total. The van der Waals surface area contributed by atoms with Crippen LogP contribution >= 0.6 is 0 Å². The van der Waals surface area contributed by atoms with E-state index in [9.17, 15) is 9.59 Å². The van der Waals surface area contributed by atoms with Crippen LogP contribution in [0.4, 0.5) is 4.79 Å². The van der Waals surface area contributed by atoms with Crippen molar-refractivity contribution in [3.63, 3.8) is 0 Å². The zero-order valence-electron chi connectivity index (χ0n) is 11.2. The van der Waals surface area contributed by atoms with Gasteiger partial charge in [0.05, 0.1) is 6.42 Å². The summed E-state index contributed by atoms with van der Waals surface area (Å²) in [5.74, 6) is -0.508. The zero-order chi connectivity index (χ0) is 13.5. The Morgan fingerprint density at radius 2 is 1.94 bits per heavy atom. The topological polar surface area (TPSA) is 78.4 Å². The second kappa shape index (κ2) is 7.24. The van der Waals surface area contributed by atoms with E-state index in [0.717, 1.165) is 32.1 Å². The van der Waals surface area contributed by atoms with E-state index in [2.05, 4.69) is 17.6 Å². The van der Waals surface area contributed by atoms with Crippen LogP contribution in [0.1, 0.15) is 52.4 Å². The lowest BCUT2D eigenvalue weighted by atomic mass is 10.1. The van der Waals surface area contributed by atoms with E-state index >= 15 is 0 Å². The molecule has 0 radical (unpaired) electrons. The second-order valence-corrected chi connectivity index (χ2v) is 5.05. The van der Waals surface area contributed by atoms with Crippen molar-refractivity contribution in [2.24, 2.45) is 5.92 Å². The minimum Gasteiger partial charge on any atom is -0.481 e. The molecule has 0 heterocycles. The van der Waals surface area contributed by atoms with Gasteiger partial charge in [0, 0.05) is 12.1 Å². The van der Waals surface area contributed by atoms with E-state index in [0.29, 0.717) is 5.92 Å². The van der Waals surface area contributed by atoms with Crippen molar-refractivity contribution in [1.82, 2.24) is 10.6 Å². The fourth-order valence-corrected chi connectivity index (χ4v) is 2.14. The quantitative estimate of drug-likeness (QED) is 0.622. The molecule has 2 amide bonds. The Bertz CT molecular complexity index is 290. The highest BCUT2D eigenvalue weighted by Crippen LogP contribution is 2.33. The monoisotopic (exact) mass is 256 g/mol. The molecule has 0 aromatic rings. The van der Waals surface area contributed by atoms with Crippen LogP contribution in [0.3, 0.4) is 0 Å². The summed E-state index contributed by atoms with van der Waals surface area (Å²) in [6.45, 7) is 4.12. The number of carbonyl (C=O) groups excluding carboxylic acids is 1. The first-order valence-electron chi connectivity index (χ1n) is 6.85. The SMILES string of the molecule is CCCC(CC)NC(=O)NC(CC(=O)O)C1CC1. The van der Waals surface area contributed by atoms with Crippen LogP contribution in [0.5, 0.6) is 0 Å². The Morgan fingerprint density at radius 3 is 2.39 bits per heavy atom. The summed E-state index contributed by atoms with van der Waals surface area (Å²) in [6.07, 6.45) is 4.93. The van der Waals surface area contributed by atoms with E-state index in [4.69, 9.17) is 5.11 Å². The van der Waals surface area contributed by atoms with Gasteiger partial charge in [0.25, 0.3) is 0 Å². The Labute approximate surface area is 108 Å². The summed E-state index contributed by atoms with van der Waals surface area (Å²) in [5.41, 5.74) is 0. The summed E-state index contributed by atoms with van der Waals surface area (Å²) in [5, 5.41) is 14.5. The number of urea groups is 1. The molecule has 5 heteroatoms. The standard InChI is InChI=1S/C13H24N2O3/c1-3-5-10(4-2)14-13(18)15-11(8-12(16)17)9-6-7-9/h9-11H,3-8H2,1-2H3,(H,16,17)(H2,14,15,18). The van der Waals surface area contributed by atoms with Gasteiger partial charge in [0.15, 0.2) is 0 Å². The average molecular weight is 256 g/mol. The molecule has 0 spiro atoms. The third kappa shape index (κ3) is 5.38. The first kappa shape index (κ1) is 14.8. The van der Waals surface area contributed by atoms with Gasteiger partial charge in [-0.15, -0.1) is 0 Å². The second-order valence-electron chi connectivity index (χ2n) is 5.05. The Balaban J connectivity index is 2.37. The molecule has 1 saturated carbocycles. The van der Waals surface area contributed by atoms with Gasteiger partial charge in [0.1, 0.15) is 0 Å². The van der Waals surface area contributed by atoms with Gasteiger partial charge in [-0.25, -0.2) is 4.79 Å². The van der Waals surface area contributed by atoms with Crippen molar-refractivity contribution in [2.45, 2.75) is 64.5 Å². The molecule has 0 aliphatic heterocycles. The number of carbonyl (C=O) groups is 2. The van der Waals surface area contributed by atoms with Crippen molar-refractivity contribution < 1.29 is 14.7 Å². The summed E-state index contributed by atoms with van der Waals surface area (Å²) in [4.78, 5) is 22.5. The number of aliphatic carboxylic acids is 1. The minimum atomic E-state index is -0.854. The maximum atomic E-state index is 11.8. The molecular formula is C13H24N2O3. The Hall–Kier alpha value is -1.26. The molecule has 0 aromatic carbocycles. The normalized spacial score (nSPS) is 17.9. The van der Waals surface area contributed by atoms with Gasteiger partial charge in [0.2, 0.25) is 0 Å². The van der Waals surface area contributed by atoms with Crippen LogP contribution in [0.15, 0.2) is 0 Å². The van der Waals surface area contributed by atoms with E-state index in [1.54, 1.807) is 0 Å². The van der Waals surface area contributed by atoms with Gasteiger partial charge < -0.3 is 15.7 Å². The number of rotatable bonds is 8. The van der Waals surface area contributed by atoms with E-state index in [1.807, 2.05) is 6.92 Å². The third-order valence-corrected chi connectivity index (χ3v) is 3.37. The average Bonchev–Trinajstić information content (AvgIpc) is 3.10. The number of nitrogens with one attached hydrogen (secondary N) is 2. The lowest BCUT2D eigenvalue weighted by molar-refractivity contribution is -0.137. The summed E-state index contributed by atoms with van der Waals surface area (Å²) < 4.78 is 0.